The molecular weight excluding hydrogens is 300 g/mol. The van der Waals surface area contributed by atoms with Gasteiger partial charge >= 0.3 is 0 Å². The van der Waals surface area contributed by atoms with Gasteiger partial charge in [-0.1, -0.05) is 12.1 Å². The van der Waals surface area contributed by atoms with Gasteiger partial charge < -0.3 is 4.90 Å². The smallest absolute Gasteiger partial charge is 0.238 e. The molecule has 1 aromatic carbocycles. The standard InChI is InChI=1S/C19H16N4O/c1-19(8-4-9-20)17-16-13(12-7-10-21-11-14(12)22-17)5-3-6-15(16)23(2)18(19)24/h3,5-7,10-11H,4,8H2,1-2H3. The number of pyridine rings is 2. The van der Waals surface area contributed by atoms with Crippen molar-refractivity contribution >= 4 is 33.3 Å². The summed E-state index contributed by atoms with van der Waals surface area (Å²) in [5.74, 6) is -0.0199. The van der Waals surface area contributed by atoms with Crippen molar-refractivity contribution in [2.24, 2.45) is 0 Å². The minimum absolute atomic E-state index is 0.0199. The maximum atomic E-state index is 13.1. The summed E-state index contributed by atoms with van der Waals surface area (Å²) in [5, 5.41) is 12.1. The van der Waals surface area contributed by atoms with Gasteiger partial charge in [-0.3, -0.25) is 9.78 Å². The zero-order valence-corrected chi connectivity index (χ0v) is 13.6. The Morgan fingerprint density at radius 3 is 2.92 bits per heavy atom. The Bertz CT molecular complexity index is 1040. The lowest BCUT2D eigenvalue weighted by Gasteiger charge is -2.38. The molecule has 1 aliphatic heterocycles. The first-order valence-electron chi connectivity index (χ1n) is 7.90. The number of nitrogens with zero attached hydrogens (tertiary/aromatic N) is 4. The predicted molar refractivity (Wildman–Crippen MR) is 92.7 cm³/mol. The van der Waals surface area contributed by atoms with Crippen LogP contribution in [0.2, 0.25) is 0 Å². The summed E-state index contributed by atoms with van der Waals surface area (Å²) < 4.78 is 0. The molecule has 0 radical (unpaired) electrons. The Morgan fingerprint density at radius 1 is 1.29 bits per heavy atom. The van der Waals surface area contributed by atoms with Crippen LogP contribution in [0, 0.1) is 11.3 Å². The van der Waals surface area contributed by atoms with Crippen molar-refractivity contribution in [1.29, 1.82) is 5.26 Å². The lowest BCUT2D eigenvalue weighted by atomic mass is 9.75. The van der Waals surface area contributed by atoms with E-state index in [9.17, 15) is 4.79 Å². The lowest BCUT2D eigenvalue weighted by Crippen LogP contribution is -2.47. The molecule has 1 aliphatic rings. The molecule has 0 spiro atoms. The van der Waals surface area contributed by atoms with E-state index in [2.05, 4.69) is 17.1 Å². The highest BCUT2D eigenvalue weighted by Crippen LogP contribution is 2.45. The second-order valence-electron chi connectivity index (χ2n) is 6.41. The van der Waals surface area contributed by atoms with Gasteiger partial charge in [0.2, 0.25) is 5.91 Å². The summed E-state index contributed by atoms with van der Waals surface area (Å²) in [5.41, 5.74) is 1.60. The van der Waals surface area contributed by atoms with E-state index in [1.807, 2.05) is 25.1 Å². The van der Waals surface area contributed by atoms with Gasteiger partial charge in [-0.05, 0) is 30.9 Å². The number of fused-ring (bicyclic) bond motifs is 2. The largest absolute Gasteiger partial charge is 0.314 e. The number of aromatic nitrogens is 2. The first kappa shape index (κ1) is 14.6. The molecule has 0 saturated heterocycles. The molecule has 0 fully saturated rings. The van der Waals surface area contributed by atoms with Gasteiger partial charge in [0.1, 0.15) is 0 Å². The van der Waals surface area contributed by atoms with Crippen LogP contribution in [-0.4, -0.2) is 22.9 Å². The van der Waals surface area contributed by atoms with Crippen LogP contribution >= 0.6 is 0 Å². The van der Waals surface area contributed by atoms with Crippen molar-refractivity contribution in [2.45, 2.75) is 25.2 Å². The van der Waals surface area contributed by atoms with E-state index in [1.165, 1.54) is 0 Å². The Morgan fingerprint density at radius 2 is 2.12 bits per heavy atom. The van der Waals surface area contributed by atoms with Gasteiger partial charge in [-0.2, -0.15) is 5.26 Å². The Balaban J connectivity index is 2.17. The molecule has 0 bridgehead atoms. The van der Waals surface area contributed by atoms with Gasteiger partial charge in [-0.25, -0.2) is 4.98 Å². The fourth-order valence-corrected chi connectivity index (χ4v) is 3.68. The van der Waals surface area contributed by atoms with Crippen LogP contribution in [-0.2, 0) is 10.2 Å². The van der Waals surface area contributed by atoms with E-state index in [4.69, 9.17) is 10.2 Å². The summed E-state index contributed by atoms with van der Waals surface area (Å²) in [6.45, 7) is 1.89. The minimum Gasteiger partial charge on any atom is -0.314 e. The number of benzene rings is 1. The van der Waals surface area contributed by atoms with Gasteiger partial charge in [0.15, 0.2) is 0 Å². The number of likely N-dealkylation sites (N-methyl/N-ethyl adjacent to an activating group) is 1. The molecule has 0 N–H and O–H groups in total. The van der Waals surface area contributed by atoms with E-state index in [0.29, 0.717) is 12.8 Å². The number of anilines is 1. The molecule has 5 heteroatoms. The fraction of sp³-hybridized carbons (Fsp3) is 0.263. The highest BCUT2D eigenvalue weighted by atomic mass is 16.2. The first-order valence-corrected chi connectivity index (χ1v) is 7.90. The Hall–Kier alpha value is -3.00. The zero-order valence-electron chi connectivity index (χ0n) is 13.6. The van der Waals surface area contributed by atoms with Crippen molar-refractivity contribution in [3.8, 4) is 6.07 Å². The zero-order chi connectivity index (χ0) is 16.9. The summed E-state index contributed by atoms with van der Waals surface area (Å²) in [6.07, 6.45) is 4.25. The minimum atomic E-state index is -0.804. The highest BCUT2D eigenvalue weighted by Gasteiger charge is 2.44. The van der Waals surface area contributed by atoms with Crippen LogP contribution in [0.4, 0.5) is 5.69 Å². The van der Waals surface area contributed by atoms with E-state index in [1.54, 1.807) is 24.3 Å². The second kappa shape index (κ2) is 5.00. The monoisotopic (exact) mass is 316 g/mol. The van der Waals surface area contributed by atoms with Crippen LogP contribution in [0.5, 0.6) is 0 Å². The molecule has 24 heavy (non-hydrogen) atoms. The van der Waals surface area contributed by atoms with Crippen molar-refractivity contribution in [3.63, 3.8) is 0 Å². The van der Waals surface area contributed by atoms with Crippen molar-refractivity contribution in [2.75, 3.05) is 11.9 Å². The maximum Gasteiger partial charge on any atom is 0.238 e. The normalized spacial score (nSPS) is 19.7. The van der Waals surface area contributed by atoms with Crippen molar-refractivity contribution in [1.82, 2.24) is 9.97 Å². The number of carbonyl (C=O) groups is 1. The van der Waals surface area contributed by atoms with Gasteiger partial charge in [0.25, 0.3) is 0 Å². The van der Waals surface area contributed by atoms with Crippen LogP contribution in [0.25, 0.3) is 21.7 Å². The van der Waals surface area contributed by atoms with Crippen LogP contribution in [0.1, 0.15) is 25.5 Å². The lowest BCUT2D eigenvalue weighted by molar-refractivity contribution is -0.123. The van der Waals surface area contributed by atoms with E-state index in [-0.39, 0.29) is 5.91 Å². The van der Waals surface area contributed by atoms with Gasteiger partial charge in [0, 0.05) is 30.4 Å². The van der Waals surface area contributed by atoms with Crippen molar-refractivity contribution < 1.29 is 4.79 Å². The van der Waals surface area contributed by atoms with Crippen molar-refractivity contribution in [3.05, 3.63) is 42.4 Å². The molecule has 1 unspecified atom stereocenters. The summed E-state index contributed by atoms with van der Waals surface area (Å²) >= 11 is 0. The SMILES string of the molecule is CN1C(=O)C(C)(CCC#N)c2nc3cnccc3c3cccc1c23. The summed E-state index contributed by atoms with van der Waals surface area (Å²) in [4.78, 5) is 23.7. The third-order valence-corrected chi connectivity index (χ3v) is 5.00. The number of nitriles is 1. The summed E-state index contributed by atoms with van der Waals surface area (Å²) in [7, 11) is 1.79. The number of hydrogen-bond acceptors (Lipinski definition) is 4. The average molecular weight is 316 g/mol. The molecule has 5 nitrogen and oxygen atoms in total. The number of carbonyl (C=O) groups excluding carboxylic acids is 1. The van der Waals surface area contributed by atoms with Crippen LogP contribution < -0.4 is 4.90 Å². The Labute approximate surface area is 139 Å². The molecule has 3 heterocycles. The first-order chi connectivity index (χ1) is 11.6. The third kappa shape index (κ3) is 1.77. The van der Waals surface area contributed by atoms with E-state index >= 15 is 0 Å². The third-order valence-electron chi connectivity index (χ3n) is 5.00. The number of amides is 1. The molecule has 1 amide bonds. The van der Waals surface area contributed by atoms with Gasteiger partial charge in [-0.15, -0.1) is 0 Å². The van der Waals surface area contributed by atoms with Crippen LogP contribution in [0.15, 0.2) is 36.7 Å². The maximum absolute atomic E-state index is 13.1. The van der Waals surface area contributed by atoms with E-state index in [0.717, 1.165) is 33.1 Å². The molecule has 2 aromatic heterocycles. The highest BCUT2D eigenvalue weighted by molar-refractivity contribution is 6.19. The van der Waals surface area contributed by atoms with Gasteiger partial charge in [0.05, 0.1) is 34.6 Å². The fourth-order valence-electron chi connectivity index (χ4n) is 3.68. The topological polar surface area (TPSA) is 69.9 Å². The quantitative estimate of drug-likeness (QED) is 0.680. The van der Waals surface area contributed by atoms with Crippen LogP contribution in [0.3, 0.4) is 0 Å². The molecule has 0 saturated carbocycles. The predicted octanol–water partition coefficient (Wildman–Crippen LogP) is 3.32. The molecule has 118 valence electrons. The number of hydrogen-bond donors (Lipinski definition) is 0. The number of rotatable bonds is 2. The molecule has 4 rings (SSSR count). The average Bonchev–Trinajstić information content (AvgIpc) is 2.62. The summed E-state index contributed by atoms with van der Waals surface area (Å²) in [6, 6.07) is 10.1. The Kier molecular flexibility index (Phi) is 3.04. The van der Waals surface area contributed by atoms with E-state index < -0.39 is 5.41 Å². The molecule has 0 aliphatic carbocycles. The second-order valence-corrected chi connectivity index (χ2v) is 6.41. The molecular formula is C19H16N4O. The molecule has 3 aromatic rings. The molecule has 1 atom stereocenters.